The summed E-state index contributed by atoms with van der Waals surface area (Å²) in [6.07, 6.45) is 2.52. The first-order valence-corrected chi connectivity index (χ1v) is 10.7. The molecule has 0 N–H and O–H groups in total. The Morgan fingerprint density at radius 1 is 1.26 bits per heavy atom. The van der Waals surface area contributed by atoms with Crippen LogP contribution in [0.5, 0.6) is 0 Å². The van der Waals surface area contributed by atoms with Crippen molar-refractivity contribution in [3.63, 3.8) is 0 Å². The number of benzene rings is 1. The average molecular weight is 406 g/mol. The monoisotopic (exact) mass is 405 g/mol. The normalized spacial score (nSPS) is 12.9. The average Bonchev–Trinajstić information content (AvgIpc) is 3.13. The zero-order valence-electron chi connectivity index (χ0n) is 15.7. The van der Waals surface area contributed by atoms with E-state index in [1.54, 1.807) is 9.47 Å². The van der Waals surface area contributed by atoms with Crippen LogP contribution in [-0.4, -0.2) is 33.4 Å². The first kappa shape index (κ1) is 20.0. The number of thioether (sulfide) groups is 1. The van der Waals surface area contributed by atoms with Crippen LogP contribution in [-0.2, 0) is 29.9 Å². The van der Waals surface area contributed by atoms with Crippen molar-refractivity contribution in [2.75, 3.05) is 13.1 Å². The van der Waals surface area contributed by atoms with E-state index in [9.17, 15) is 9.59 Å². The molecule has 2 aromatic rings. The fourth-order valence-corrected chi connectivity index (χ4v) is 4.62. The molecule has 0 unspecified atom stereocenters. The number of carbonyl (C=O) groups is 1. The summed E-state index contributed by atoms with van der Waals surface area (Å²) >= 11 is 7.72. The van der Waals surface area contributed by atoms with E-state index in [0.29, 0.717) is 29.0 Å². The first-order valence-electron chi connectivity index (χ1n) is 9.31. The molecule has 7 heteroatoms. The lowest BCUT2D eigenvalue weighted by Gasteiger charge is -2.20. The highest BCUT2D eigenvalue weighted by Crippen LogP contribution is 2.27. The third kappa shape index (κ3) is 4.38. The fourth-order valence-electron chi connectivity index (χ4n) is 3.33. The van der Waals surface area contributed by atoms with E-state index in [1.807, 2.05) is 38.1 Å². The Labute approximate surface area is 168 Å². The van der Waals surface area contributed by atoms with E-state index in [-0.39, 0.29) is 18.0 Å². The third-order valence-corrected chi connectivity index (χ3v) is 6.27. The second-order valence-corrected chi connectivity index (χ2v) is 7.86. The maximum Gasteiger partial charge on any atom is 0.258 e. The highest BCUT2D eigenvalue weighted by molar-refractivity contribution is 7.98. The summed E-state index contributed by atoms with van der Waals surface area (Å²) in [5.41, 5.74) is 2.57. The standard InChI is InChI=1S/C20H24ClN3O2S/c1-3-23(4-2)18(25)12-24-19(26)15-9-7-11-17(15)22-20(24)27-13-14-8-5-6-10-16(14)21/h5-6,8,10H,3-4,7,9,11-13H2,1-2H3. The molecule has 1 aliphatic rings. The zero-order chi connectivity index (χ0) is 19.4. The largest absolute Gasteiger partial charge is 0.342 e. The quantitative estimate of drug-likeness (QED) is 0.522. The topological polar surface area (TPSA) is 55.2 Å². The van der Waals surface area contributed by atoms with Gasteiger partial charge in [-0.25, -0.2) is 4.98 Å². The Morgan fingerprint density at radius 2 is 2.00 bits per heavy atom. The number of fused-ring (bicyclic) bond motifs is 1. The molecular weight excluding hydrogens is 382 g/mol. The van der Waals surface area contributed by atoms with Crippen LogP contribution in [0.3, 0.4) is 0 Å². The molecule has 0 atom stereocenters. The summed E-state index contributed by atoms with van der Waals surface area (Å²) in [7, 11) is 0. The summed E-state index contributed by atoms with van der Waals surface area (Å²) in [5, 5.41) is 1.29. The van der Waals surface area contributed by atoms with Gasteiger partial charge in [-0.05, 0) is 44.7 Å². The highest BCUT2D eigenvalue weighted by atomic mass is 35.5. The van der Waals surface area contributed by atoms with Gasteiger partial charge >= 0.3 is 0 Å². The molecule has 0 radical (unpaired) electrons. The number of aromatic nitrogens is 2. The minimum absolute atomic E-state index is 0.0334. The van der Waals surface area contributed by atoms with E-state index in [0.717, 1.165) is 36.1 Å². The van der Waals surface area contributed by atoms with Crippen LogP contribution in [0, 0.1) is 0 Å². The number of hydrogen-bond acceptors (Lipinski definition) is 4. The van der Waals surface area contributed by atoms with Crippen LogP contribution in [0.2, 0.25) is 5.02 Å². The van der Waals surface area contributed by atoms with Gasteiger partial charge in [0.15, 0.2) is 5.16 Å². The number of hydrogen-bond donors (Lipinski definition) is 0. The lowest BCUT2D eigenvalue weighted by Crippen LogP contribution is -2.38. The van der Waals surface area contributed by atoms with E-state index in [2.05, 4.69) is 0 Å². The Morgan fingerprint density at radius 3 is 2.70 bits per heavy atom. The van der Waals surface area contributed by atoms with Crippen molar-refractivity contribution in [2.24, 2.45) is 0 Å². The van der Waals surface area contributed by atoms with Crippen LogP contribution in [0.25, 0.3) is 0 Å². The second-order valence-electron chi connectivity index (χ2n) is 6.51. The number of amides is 1. The van der Waals surface area contributed by atoms with Gasteiger partial charge in [-0.3, -0.25) is 14.2 Å². The van der Waals surface area contributed by atoms with Crippen LogP contribution >= 0.6 is 23.4 Å². The number of carbonyl (C=O) groups excluding carboxylic acids is 1. The van der Waals surface area contributed by atoms with Crippen LogP contribution in [0.4, 0.5) is 0 Å². The van der Waals surface area contributed by atoms with Gasteiger partial charge in [0.25, 0.3) is 5.56 Å². The minimum atomic E-state index is -0.0698. The molecule has 27 heavy (non-hydrogen) atoms. The molecule has 0 saturated carbocycles. The van der Waals surface area contributed by atoms with Gasteiger partial charge in [0.1, 0.15) is 6.54 Å². The van der Waals surface area contributed by atoms with Crippen molar-refractivity contribution < 1.29 is 4.79 Å². The minimum Gasteiger partial charge on any atom is -0.342 e. The summed E-state index contributed by atoms with van der Waals surface area (Å²) in [6.45, 7) is 5.18. The van der Waals surface area contributed by atoms with Gasteiger partial charge in [-0.1, -0.05) is 41.6 Å². The summed E-state index contributed by atoms with van der Waals surface area (Å²) in [4.78, 5) is 32.1. The van der Waals surface area contributed by atoms with Gasteiger partial charge in [0, 0.05) is 29.4 Å². The molecular formula is C20H24ClN3O2S. The van der Waals surface area contributed by atoms with Crippen LogP contribution in [0.1, 0.15) is 37.1 Å². The number of likely N-dealkylation sites (N-methyl/N-ethyl adjacent to an activating group) is 1. The Kier molecular flexibility index (Phi) is 6.60. The molecule has 1 amide bonds. The number of rotatable bonds is 7. The number of halogens is 1. The molecule has 0 bridgehead atoms. The van der Waals surface area contributed by atoms with E-state index >= 15 is 0 Å². The summed E-state index contributed by atoms with van der Waals surface area (Å²) < 4.78 is 1.55. The Hall–Kier alpha value is -1.79. The van der Waals surface area contributed by atoms with Gasteiger partial charge in [-0.15, -0.1) is 0 Å². The van der Waals surface area contributed by atoms with Gasteiger partial charge in [0.05, 0.1) is 5.69 Å². The second kappa shape index (κ2) is 8.93. The van der Waals surface area contributed by atoms with Crippen LogP contribution < -0.4 is 5.56 Å². The van der Waals surface area contributed by atoms with Gasteiger partial charge < -0.3 is 4.90 Å². The molecule has 1 heterocycles. The molecule has 1 aliphatic carbocycles. The first-order chi connectivity index (χ1) is 13.0. The lowest BCUT2D eigenvalue weighted by atomic mass is 10.2. The smallest absolute Gasteiger partial charge is 0.258 e. The fraction of sp³-hybridized carbons (Fsp3) is 0.450. The van der Waals surface area contributed by atoms with Crippen molar-refractivity contribution in [2.45, 2.75) is 50.6 Å². The highest BCUT2D eigenvalue weighted by Gasteiger charge is 2.23. The molecule has 1 aromatic heterocycles. The Balaban J connectivity index is 1.92. The maximum absolute atomic E-state index is 13.0. The van der Waals surface area contributed by atoms with Crippen molar-refractivity contribution in [3.8, 4) is 0 Å². The SMILES string of the molecule is CCN(CC)C(=O)Cn1c(SCc2ccccc2Cl)nc2c(c1=O)CCC2. The van der Waals surface area contributed by atoms with Crippen molar-refractivity contribution in [3.05, 3.63) is 56.5 Å². The third-order valence-electron chi connectivity index (χ3n) is 4.88. The molecule has 0 fully saturated rings. The molecule has 0 aliphatic heterocycles. The van der Waals surface area contributed by atoms with Gasteiger partial charge in [-0.2, -0.15) is 0 Å². The predicted molar refractivity (Wildman–Crippen MR) is 109 cm³/mol. The van der Waals surface area contributed by atoms with E-state index in [1.165, 1.54) is 11.8 Å². The molecule has 5 nitrogen and oxygen atoms in total. The van der Waals surface area contributed by atoms with Gasteiger partial charge in [0.2, 0.25) is 5.91 Å². The van der Waals surface area contributed by atoms with Crippen LogP contribution in [0.15, 0.2) is 34.2 Å². The van der Waals surface area contributed by atoms with E-state index < -0.39 is 0 Å². The Bertz CT molecular complexity index is 893. The summed E-state index contributed by atoms with van der Waals surface area (Å²) in [5.74, 6) is 0.547. The lowest BCUT2D eigenvalue weighted by molar-refractivity contribution is -0.131. The molecule has 144 valence electrons. The predicted octanol–water partition coefficient (Wildman–Crippen LogP) is 3.55. The molecule has 0 spiro atoms. The van der Waals surface area contributed by atoms with Crippen molar-refractivity contribution >= 4 is 29.3 Å². The van der Waals surface area contributed by atoms with E-state index in [4.69, 9.17) is 16.6 Å². The van der Waals surface area contributed by atoms with Crippen molar-refractivity contribution in [1.82, 2.24) is 14.5 Å². The molecule has 0 saturated heterocycles. The maximum atomic E-state index is 13.0. The number of aryl methyl sites for hydroxylation is 1. The number of nitrogens with zero attached hydrogens (tertiary/aromatic N) is 3. The zero-order valence-corrected chi connectivity index (χ0v) is 17.3. The molecule has 3 rings (SSSR count). The summed E-state index contributed by atoms with van der Waals surface area (Å²) in [6, 6.07) is 7.65. The van der Waals surface area contributed by atoms with Crippen molar-refractivity contribution in [1.29, 1.82) is 0 Å². The molecule has 1 aromatic carbocycles.